The number of nitro groups is 1. The first-order valence-corrected chi connectivity index (χ1v) is 9.06. The maximum Gasteiger partial charge on any atom is 0.269 e. The Labute approximate surface area is 172 Å². The molecule has 0 aliphatic heterocycles. The zero-order valence-electron chi connectivity index (χ0n) is 16.6. The van der Waals surface area contributed by atoms with Crippen molar-refractivity contribution in [3.8, 4) is 22.8 Å². The van der Waals surface area contributed by atoms with Gasteiger partial charge in [-0.15, -0.1) is 0 Å². The number of hydrogen-bond acceptors (Lipinski definition) is 7. The van der Waals surface area contributed by atoms with E-state index in [0.29, 0.717) is 23.1 Å². The van der Waals surface area contributed by atoms with Gasteiger partial charge in [0.1, 0.15) is 5.65 Å². The molecule has 0 fully saturated rings. The van der Waals surface area contributed by atoms with Crippen LogP contribution in [0.3, 0.4) is 0 Å². The topological polar surface area (TPSA) is 95.0 Å². The summed E-state index contributed by atoms with van der Waals surface area (Å²) in [6.07, 6.45) is 3.51. The van der Waals surface area contributed by atoms with Crippen LogP contribution in [0.15, 0.2) is 60.9 Å². The number of ether oxygens (including phenoxy) is 2. The quantitative estimate of drug-likeness (QED) is 0.352. The highest BCUT2D eigenvalue weighted by molar-refractivity contribution is 5.71. The van der Waals surface area contributed by atoms with Crippen LogP contribution in [-0.2, 0) is 0 Å². The first-order chi connectivity index (χ1) is 14.5. The van der Waals surface area contributed by atoms with Crippen molar-refractivity contribution in [3.63, 3.8) is 0 Å². The Kier molecular flexibility index (Phi) is 4.93. The Morgan fingerprint density at radius 1 is 1.03 bits per heavy atom. The van der Waals surface area contributed by atoms with Gasteiger partial charge in [-0.05, 0) is 30.3 Å². The Morgan fingerprint density at radius 3 is 2.43 bits per heavy atom. The van der Waals surface area contributed by atoms with Gasteiger partial charge in [0.25, 0.3) is 5.69 Å². The molecule has 9 nitrogen and oxygen atoms in total. The van der Waals surface area contributed by atoms with Crippen molar-refractivity contribution in [1.82, 2.24) is 14.4 Å². The van der Waals surface area contributed by atoms with E-state index in [2.05, 4.69) is 4.98 Å². The third kappa shape index (κ3) is 3.37. The number of nitrogens with zero attached hydrogens (tertiary/aromatic N) is 5. The first-order valence-electron chi connectivity index (χ1n) is 9.06. The maximum atomic E-state index is 10.9. The molecule has 0 aliphatic carbocycles. The second-order valence-electron chi connectivity index (χ2n) is 6.50. The molecule has 0 spiro atoms. The van der Waals surface area contributed by atoms with E-state index in [1.54, 1.807) is 32.5 Å². The lowest BCUT2D eigenvalue weighted by molar-refractivity contribution is -0.384. The van der Waals surface area contributed by atoms with Crippen molar-refractivity contribution in [2.45, 2.75) is 0 Å². The smallest absolute Gasteiger partial charge is 0.269 e. The van der Waals surface area contributed by atoms with E-state index in [1.165, 1.54) is 12.1 Å². The molecule has 0 radical (unpaired) electrons. The molecular weight excluding hydrogens is 386 g/mol. The van der Waals surface area contributed by atoms with Gasteiger partial charge in [-0.2, -0.15) is 0 Å². The molecular formula is C21H19N5O4. The minimum absolute atomic E-state index is 0.0342. The van der Waals surface area contributed by atoms with Gasteiger partial charge in [-0.1, -0.05) is 0 Å². The van der Waals surface area contributed by atoms with E-state index in [0.717, 1.165) is 16.9 Å². The molecule has 0 bridgehead atoms. The van der Waals surface area contributed by atoms with E-state index in [9.17, 15) is 10.1 Å². The van der Waals surface area contributed by atoms with Crippen LogP contribution in [0.25, 0.3) is 16.9 Å². The van der Waals surface area contributed by atoms with Crippen molar-refractivity contribution >= 4 is 23.0 Å². The average Bonchev–Trinajstić information content (AvgIpc) is 3.26. The Hall–Kier alpha value is -4.14. The van der Waals surface area contributed by atoms with Gasteiger partial charge in [0.2, 0.25) is 5.95 Å². The number of hydrogen-bond donors (Lipinski definition) is 0. The van der Waals surface area contributed by atoms with Crippen molar-refractivity contribution in [2.24, 2.45) is 0 Å². The number of non-ortho nitro benzene ring substituents is 1. The van der Waals surface area contributed by atoms with Crippen LogP contribution in [0.2, 0.25) is 0 Å². The predicted octanol–water partition coefficient (Wildman–Crippen LogP) is 4.09. The van der Waals surface area contributed by atoms with Crippen LogP contribution in [-0.4, -0.2) is 40.6 Å². The van der Waals surface area contributed by atoms with Crippen LogP contribution < -0.4 is 14.4 Å². The van der Waals surface area contributed by atoms with Gasteiger partial charge in [0.15, 0.2) is 11.5 Å². The van der Waals surface area contributed by atoms with Crippen LogP contribution in [0.4, 0.5) is 17.3 Å². The molecule has 9 heteroatoms. The molecule has 152 valence electrons. The molecule has 2 heterocycles. The lowest BCUT2D eigenvalue weighted by Crippen LogP contribution is -2.15. The monoisotopic (exact) mass is 405 g/mol. The number of anilines is 2. The molecule has 4 aromatic rings. The summed E-state index contributed by atoms with van der Waals surface area (Å²) in [5, 5.41) is 10.9. The van der Waals surface area contributed by atoms with E-state index < -0.39 is 4.92 Å². The molecule has 2 aromatic carbocycles. The highest BCUT2D eigenvalue weighted by Crippen LogP contribution is 2.33. The number of imidazole rings is 1. The number of methoxy groups -OCH3 is 2. The number of rotatable bonds is 6. The van der Waals surface area contributed by atoms with Crippen LogP contribution in [0.5, 0.6) is 11.5 Å². The van der Waals surface area contributed by atoms with Crippen molar-refractivity contribution in [2.75, 3.05) is 26.2 Å². The molecule has 0 atom stereocenters. The Balaban J connectivity index is 1.81. The Morgan fingerprint density at radius 2 is 1.77 bits per heavy atom. The maximum absolute atomic E-state index is 10.9. The van der Waals surface area contributed by atoms with Crippen molar-refractivity contribution in [3.05, 3.63) is 71.0 Å². The van der Waals surface area contributed by atoms with Crippen LogP contribution in [0, 0.1) is 10.1 Å². The normalized spacial score (nSPS) is 10.8. The summed E-state index contributed by atoms with van der Waals surface area (Å²) in [5.74, 6) is 1.85. The molecule has 0 N–H and O–H groups in total. The van der Waals surface area contributed by atoms with Crippen molar-refractivity contribution in [1.29, 1.82) is 0 Å². The van der Waals surface area contributed by atoms with Gasteiger partial charge < -0.3 is 14.4 Å². The van der Waals surface area contributed by atoms with Gasteiger partial charge in [-0.25, -0.2) is 9.97 Å². The third-order valence-corrected chi connectivity index (χ3v) is 4.80. The minimum Gasteiger partial charge on any atom is -0.493 e. The molecule has 2 aromatic heterocycles. The number of nitro benzene ring substituents is 1. The molecule has 0 saturated carbocycles. The summed E-state index contributed by atoms with van der Waals surface area (Å²) in [4.78, 5) is 21.6. The first kappa shape index (κ1) is 19.2. The van der Waals surface area contributed by atoms with Gasteiger partial charge in [0, 0.05) is 48.9 Å². The SMILES string of the molecule is COc1ccc(-c2cc3nccn3c(N(C)c3ccc([N+](=O)[O-])cc3)n2)cc1OC. The largest absolute Gasteiger partial charge is 0.493 e. The second kappa shape index (κ2) is 7.70. The summed E-state index contributed by atoms with van der Waals surface area (Å²) in [7, 11) is 5.02. The summed E-state index contributed by atoms with van der Waals surface area (Å²) >= 11 is 0. The zero-order chi connectivity index (χ0) is 21.3. The van der Waals surface area contributed by atoms with Crippen molar-refractivity contribution < 1.29 is 14.4 Å². The molecule has 0 amide bonds. The minimum atomic E-state index is -0.423. The van der Waals surface area contributed by atoms with Gasteiger partial charge in [0.05, 0.1) is 24.8 Å². The summed E-state index contributed by atoms with van der Waals surface area (Å²) in [5.41, 5.74) is 3.06. The van der Waals surface area contributed by atoms with E-state index >= 15 is 0 Å². The number of aromatic nitrogens is 3. The van der Waals surface area contributed by atoms with E-state index in [1.807, 2.05) is 46.8 Å². The lowest BCUT2D eigenvalue weighted by Gasteiger charge is -2.20. The molecule has 4 rings (SSSR count). The summed E-state index contributed by atoms with van der Waals surface area (Å²) in [6.45, 7) is 0. The van der Waals surface area contributed by atoms with Crippen LogP contribution in [0.1, 0.15) is 0 Å². The predicted molar refractivity (Wildman–Crippen MR) is 113 cm³/mol. The molecule has 0 aliphatic rings. The average molecular weight is 405 g/mol. The molecule has 0 saturated heterocycles. The fourth-order valence-electron chi connectivity index (χ4n) is 3.20. The number of fused-ring (bicyclic) bond motifs is 1. The van der Waals surface area contributed by atoms with Crippen LogP contribution >= 0.6 is 0 Å². The van der Waals surface area contributed by atoms with Gasteiger partial charge >= 0.3 is 0 Å². The lowest BCUT2D eigenvalue weighted by atomic mass is 10.1. The van der Waals surface area contributed by atoms with E-state index in [4.69, 9.17) is 14.5 Å². The fourth-order valence-corrected chi connectivity index (χ4v) is 3.20. The zero-order valence-corrected chi connectivity index (χ0v) is 16.6. The highest BCUT2D eigenvalue weighted by Gasteiger charge is 2.16. The highest BCUT2D eigenvalue weighted by atomic mass is 16.6. The Bertz CT molecular complexity index is 1220. The second-order valence-corrected chi connectivity index (χ2v) is 6.50. The standard InChI is InChI=1S/C21H19N5O4/c1-24(15-5-7-16(8-6-15)26(27)28)21-23-17(13-20-22-10-11-25(20)21)14-4-9-18(29-2)19(12-14)30-3/h4-13H,1-3H3. The molecule has 0 unspecified atom stereocenters. The summed E-state index contributed by atoms with van der Waals surface area (Å²) in [6, 6.07) is 13.8. The fraction of sp³-hybridized carbons (Fsp3) is 0.143. The molecule has 30 heavy (non-hydrogen) atoms. The van der Waals surface area contributed by atoms with E-state index in [-0.39, 0.29) is 5.69 Å². The van der Waals surface area contributed by atoms with Gasteiger partial charge in [-0.3, -0.25) is 14.5 Å². The number of benzene rings is 2. The summed E-state index contributed by atoms with van der Waals surface area (Å²) < 4.78 is 12.6. The third-order valence-electron chi connectivity index (χ3n) is 4.80.